The van der Waals surface area contributed by atoms with Gasteiger partial charge in [0.05, 0.1) is 0 Å². The summed E-state index contributed by atoms with van der Waals surface area (Å²) in [5.41, 5.74) is 4.19. The van der Waals surface area contributed by atoms with Gasteiger partial charge in [0, 0.05) is 17.3 Å². The first kappa shape index (κ1) is 12.9. The molecule has 3 heteroatoms. The first-order chi connectivity index (χ1) is 8.56. The van der Waals surface area contributed by atoms with Gasteiger partial charge < -0.3 is 5.32 Å². The van der Waals surface area contributed by atoms with Crippen molar-refractivity contribution in [3.05, 3.63) is 63.9 Å². The number of aryl methyl sites for hydroxylation is 2. The highest BCUT2D eigenvalue weighted by Gasteiger charge is 2.02. The zero-order valence-electron chi connectivity index (χ0n) is 10.4. The standard InChI is InChI=1S/C15H15ClFN/c1-10-7-13(16)4-3-12(10)9-18-15-6-5-14(17)8-11(15)2/h3-8,18H,9H2,1-2H3. The summed E-state index contributed by atoms with van der Waals surface area (Å²) < 4.78 is 13.0. The highest BCUT2D eigenvalue weighted by Crippen LogP contribution is 2.19. The number of hydrogen-bond donors (Lipinski definition) is 1. The second kappa shape index (κ2) is 5.40. The molecule has 2 aromatic carbocycles. The Labute approximate surface area is 112 Å². The Morgan fingerprint density at radius 3 is 2.50 bits per heavy atom. The highest BCUT2D eigenvalue weighted by atomic mass is 35.5. The molecule has 0 saturated carbocycles. The van der Waals surface area contributed by atoms with Crippen molar-refractivity contribution in [2.75, 3.05) is 5.32 Å². The molecule has 0 aliphatic heterocycles. The maximum absolute atomic E-state index is 13.0. The van der Waals surface area contributed by atoms with Gasteiger partial charge in [-0.05, 0) is 60.9 Å². The van der Waals surface area contributed by atoms with Gasteiger partial charge in [-0.1, -0.05) is 17.7 Å². The van der Waals surface area contributed by atoms with E-state index in [9.17, 15) is 4.39 Å². The molecule has 2 rings (SSSR count). The van der Waals surface area contributed by atoms with E-state index in [-0.39, 0.29) is 5.82 Å². The number of halogens is 2. The molecule has 0 atom stereocenters. The summed E-state index contributed by atoms with van der Waals surface area (Å²) in [5.74, 6) is -0.208. The summed E-state index contributed by atoms with van der Waals surface area (Å²) in [6.45, 7) is 4.62. The van der Waals surface area contributed by atoms with Crippen LogP contribution in [0.15, 0.2) is 36.4 Å². The summed E-state index contributed by atoms with van der Waals surface area (Å²) in [5, 5.41) is 4.05. The number of hydrogen-bond acceptors (Lipinski definition) is 1. The molecule has 0 aliphatic rings. The van der Waals surface area contributed by atoms with Crippen molar-refractivity contribution in [2.24, 2.45) is 0 Å². The van der Waals surface area contributed by atoms with E-state index in [2.05, 4.69) is 5.32 Å². The van der Waals surface area contributed by atoms with Crippen molar-refractivity contribution in [1.29, 1.82) is 0 Å². The van der Waals surface area contributed by atoms with Gasteiger partial charge in [-0.3, -0.25) is 0 Å². The third kappa shape index (κ3) is 3.02. The first-order valence-corrected chi connectivity index (χ1v) is 6.19. The molecule has 0 radical (unpaired) electrons. The van der Waals surface area contributed by atoms with Gasteiger partial charge in [0.25, 0.3) is 0 Å². The number of nitrogens with one attached hydrogen (secondary N) is 1. The van der Waals surface area contributed by atoms with E-state index in [1.807, 2.05) is 32.0 Å². The molecular weight excluding hydrogens is 249 g/mol. The third-order valence-corrected chi connectivity index (χ3v) is 3.20. The maximum Gasteiger partial charge on any atom is 0.123 e. The second-order valence-electron chi connectivity index (χ2n) is 4.38. The molecule has 0 amide bonds. The summed E-state index contributed by atoms with van der Waals surface area (Å²) in [4.78, 5) is 0. The van der Waals surface area contributed by atoms with E-state index in [4.69, 9.17) is 11.6 Å². The van der Waals surface area contributed by atoms with Gasteiger partial charge in [0.2, 0.25) is 0 Å². The van der Waals surface area contributed by atoms with Crippen LogP contribution in [0, 0.1) is 19.7 Å². The lowest BCUT2D eigenvalue weighted by Gasteiger charge is -2.11. The lowest BCUT2D eigenvalue weighted by molar-refractivity contribution is 0.627. The van der Waals surface area contributed by atoms with E-state index in [1.165, 1.54) is 17.7 Å². The summed E-state index contributed by atoms with van der Waals surface area (Å²) >= 11 is 5.91. The Morgan fingerprint density at radius 1 is 1.06 bits per heavy atom. The van der Waals surface area contributed by atoms with E-state index in [0.717, 1.165) is 21.8 Å². The van der Waals surface area contributed by atoms with Crippen LogP contribution in [0.2, 0.25) is 5.02 Å². The molecule has 0 aliphatic carbocycles. The molecule has 18 heavy (non-hydrogen) atoms. The number of anilines is 1. The quantitative estimate of drug-likeness (QED) is 0.846. The van der Waals surface area contributed by atoms with E-state index in [1.54, 1.807) is 6.07 Å². The van der Waals surface area contributed by atoms with Crippen LogP contribution < -0.4 is 5.32 Å². The van der Waals surface area contributed by atoms with Crippen LogP contribution in [0.5, 0.6) is 0 Å². The largest absolute Gasteiger partial charge is 0.381 e. The Balaban J connectivity index is 2.11. The lowest BCUT2D eigenvalue weighted by Crippen LogP contribution is -2.02. The van der Waals surface area contributed by atoms with E-state index in [0.29, 0.717) is 6.54 Å². The molecule has 0 unspecified atom stereocenters. The van der Waals surface area contributed by atoms with E-state index < -0.39 is 0 Å². The SMILES string of the molecule is Cc1cc(Cl)ccc1CNc1ccc(F)cc1C. The first-order valence-electron chi connectivity index (χ1n) is 5.81. The monoisotopic (exact) mass is 263 g/mol. The van der Waals surface area contributed by atoms with Crippen molar-refractivity contribution in [3.63, 3.8) is 0 Å². The molecule has 0 fully saturated rings. The molecule has 0 saturated heterocycles. The van der Waals surface area contributed by atoms with Gasteiger partial charge in [0.15, 0.2) is 0 Å². The fraction of sp³-hybridized carbons (Fsp3) is 0.200. The topological polar surface area (TPSA) is 12.0 Å². The van der Waals surface area contributed by atoms with Crippen LogP contribution in [0.4, 0.5) is 10.1 Å². The van der Waals surface area contributed by atoms with E-state index >= 15 is 0 Å². The molecule has 2 aromatic rings. The van der Waals surface area contributed by atoms with Gasteiger partial charge >= 0.3 is 0 Å². The Hall–Kier alpha value is -1.54. The zero-order chi connectivity index (χ0) is 13.1. The van der Waals surface area contributed by atoms with Gasteiger partial charge in [-0.2, -0.15) is 0 Å². The summed E-state index contributed by atoms with van der Waals surface area (Å²) in [6, 6.07) is 10.6. The van der Waals surface area contributed by atoms with Crippen molar-refractivity contribution >= 4 is 17.3 Å². The Kier molecular flexibility index (Phi) is 3.87. The maximum atomic E-state index is 13.0. The zero-order valence-corrected chi connectivity index (χ0v) is 11.2. The minimum Gasteiger partial charge on any atom is -0.381 e. The summed E-state index contributed by atoms with van der Waals surface area (Å²) in [7, 11) is 0. The molecule has 0 spiro atoms. The average Bonchev–Trinajstić information content (AvgIpc) is 2.30. The van der Waals surface area contributed by atoms with Gasteiger partial charge in [0.1, 0.15) is 5.82 Å². The minimum absolute atomic E-state index is 0.208. The van der Waals surface area contributed by atoms with Crippen LogP contribution >= 0.6 is 11.6 Å². The van der Waals surface area contributed by atoms with Crippen molar-refractivity contribution < 1.29 is 4.39 Å². The molecule has 0 bridgehead atoms. The smallest absolute Gasteiger partial charge is 0.123 e. The highest BCUT2D eigenvalue weighted by molar-refractivity contribution is 6.30. The minimum atomic E-state index is -0.208. The van der Waals surface area contributed by atoms with Crippen molar-refractivity contribution in [1.82, 2.24) is 0 Å². The molecular formula is C15H15ClFN. The van der Waals surface area contributed by atoms with Crippen LogP contribution in [-0.2, 0) is 6.54 Å². The molecule has 1 nitrogen and oxygen atoms in total. The predicted molar refractivity (Wildman–Crippen MR) is 74.7 cm³/mol. The molecule has 1 N–H and O–H groups in total. The second-order valence-corrected chi connectivity index (χ2v) is 4.82. The third-order valence-electron chi connectivity index (χ3n) is 2.96. The normalized spacial score (nSPS) is 10.4. The van der Waals surface area contributed by atoms with Crippen LogP contribution in [0.3, 0.4) is 0 Å². The Morgan fingerprint density at radius 2 is 1.83 bits per heavy atom. The van der Waals surface area contributed by atoms with Crippen LogP contribution in [0.1, 0.15) is 16.7 Å². The fourth-order valence-electron chi connectivity index (χ4n) is 1.87. The Bertz CT molecular complexity index is 515. The van der Waals surface area contributed by atoms with Crippen molar-refractivity contribution in [3.8, 4) is 0 Å². The number of rotatable bonds is 3. The molecule has 0 aromatic heterocycles. The van der Waals surface area contributed by atoms with Crippen LogP contribution in [-0.4, -0.2) is 0 Å². The molecule has 94 valence electrons. The number of benzene rings is 2. The van der Waals surface area contributed by atoms with Crippen LogP contribution in [0.25, 0.3) is 0 Å². The van der Waals surface area contributed by atoms with Gasteiger partial charge in [-0.15, -0.1) is 0 Å². The fourth-order valence-corrected chi connectivity index (χ4v) is 2.10. The average molecular weight is 264 g/mol. The summed E-state index contributed by atoms with van der Waals surface area (Å²) in [6.07, 6.45) is 0. The lowest BCUT2D eigenvalue weighted by atomic mass is 10.1. The van der Waals surface area contributed by atoms with Crippen molar-refractivity contribution in [2.45, 2.75) is 20.4 Å². The van der Waals surface area contributed by atoms with Gasteiger partial charge in [-0.25, -0.2) is 4.39 Å². The molecule has 0 heterocycles. The predicted octanol–water partition coefficient (Wildman–Crippen LogP) is 4.71.